The summed E-state index contributed by atoms with van der Waals surface area (Å²) < 4.78 is 28.3. The second kappa shape index (κ2) is 9.39. The van der Waals surface area contributed by atoms with Gasteiger partial charge in [0.15, 0.2) is 23.2 Å². The Bertz CT molecular complexity index is 1080. The number of esters is 1. The molecule has 2 aliphatic rings. The highest BCUT2D eigenvalue weighted by atomic mass is 35.5. The van der Waals surface area contributed by atoms with E-state index in [4.69, 9.17) is 21.1 Å². The normalized spacial score (nSPS) is 26.5. The summed E-state index contributed by atoms with van der Waals surface area (Å²) in [6, 6.07) is 0.266. The van der Waals surface area contributed by atoms with E-state index < -0.39 is 50.6 Å². The maximum Gasteiger partial charge on any atom is 0.365 e. The number of aliphatic hydroxyl groups is 2. The number of imidazole rings is 1. The number of hydrogen-bond acceptors (Lipinski definition) is 11. The van der Waals surface area contributed by atoms with Crippen molar-refractivity contribution in [3.63, 3.8) is 0 Å². The van der Waals surface area contributed by atoms with Crippen molar-refractivity contribution in [2.24, 2.45) is 0 Å². The number of halogens is 1. The van der Waals surface area contributed by atoms with Crippen LogP contribution in [0.15, 0.2) is 6.33 Å². The third-order valence-electron chi connectivity index (χ3n) is 5.14. The van der Waals surface area contributed by atoms with E-state index >= 15 is 0 Å². The summed E-state index contributed by atoms with van der Waals surface area (Å²) in [5, 5.41) is 24.1. The molecule has 2 fully saturated rings. The third-order valence-corrected chi connectivity index (χ3v) is 6.28. The zero-order chi connectivity index (χ0) is 23.9. The molecule has 1 saturated heterocycles. The lowest BCUT2D eigenvalue weighted by Crippen LogP contribution is -2.36. The highest BCUT2D eigenvalue weighted by molar-refractivity contribution is 7.53. The first-order valence-corrected chi connectivity index (χ1v) is 12.2. The minimum Gasteiger partial charge on any atom is -0.464 e. The first-order chi connectivity index (χ1) is 15.6. The SMILES string of the molecule is CCOC(=O)[C@@H](OC[C@H]1O[C@@H](n2cnc3c(NC4CC4)nc(Cl)nc32)[C@H](O)[C@@H]1O)P(=O)(O)O. The van der Waals surface area contributed by atoms with Gasteiger partial charge in [0.1, 0.15) is 18.3 Å². The first-order valence-electron chi connectivity index (χ1n) is 10.1. The molecule has 0 radical (unpaired) electrons. The van der Waals surface area contributed by atoms with Gasteiger partial charge in [0.25, 0.3) is 5.85 Å². The lowest BCUT2D eigenvalue weighted by Gasteiger charge is -2.20. The third kappa shape index (κ3) is 5.12. The second-order valence-electron chi connectivity index (χ2n) is 7.66. The van der Waals surface area contributed by atoms with Crippen molar-refractivity contribution in [2.75, 3.05) is 18.5 Å². The van der Waals surface area contributed by atoms with Gasteiger partial charge in [0.05, 0.1) is 19.5 Å². The number of aliphatic hydroxyl groups excluding tert-OH is 2. The predicted molar refractivity (Wildman–Crippen MR) is 111 cm³/mol. The van der Waals surface area contributed by atoms with Crippen LogP contribution in [-0.2, 0) is 23.6 Å². The minimum absolute atomic E-state index is 0.0563. The summed E-state index contributed by atoms with van der Waals surface area (Å²) in [4.78, 5) is 43.2. The van der Waals surface area contributed by atoms with E-state index in [0.717, 1.165) is 12.8 Å². The van der Waals surface area contributed by atoms with Gasteiger partial charge < -0.3 is 39.5 Å². The lowest BCUT2D eigenvalue weighted by atomic mass is 10.1. The zero-order valence-electron chi connectivity index (χ0n) is 17.3. The van der Waals surface area contributed by atoms with Gasteiger partial charge >= 0.3 is 13.6 Å². The smallest absolute Gasteiger partial charge is 0.365 e. The van der Waals surface area contributed by atoms with Crippen LogP contribution >= 0.6 is 19.2 Å². The van der Waals surface area contributed by atoms with Crippen LogP contribution in [0.1, 0.15) is 26.0 Å². The average Bonchev–Trinajstić information content (AvgIpc) is 3.38. The topological polar surface area (TPSA) is 198 Å². The molecule has 5 N–H and O–H groups in total. The van der Waals surface area contributed by atoms with Crippen molar-refractivity contribution in [1.82, 2.24) is 19.5 Å². The number of nitrogens with one attached hydrogen (secondary N) is 1. The molecule has 16 heteroatoms. The van der Waals surface area contributed by atoms with E-state index in [1.165, 1.54) is 17.8 Å². The molecule has 5 atom stereocenters. The molecule has 0 unspecified atom stereocenters. The van der Waals surface area contributed by atoms with Crippen LogP contribution < -0.4 is 5.32 Å². The monoisotopic (exact) mass is 507 g/mol. The van der Waals surface area contributed by atoms with Gasteiger partial charge in [0.2, 0.25) is 5.28 Å². The van der Waals surface area contributed by atoms with Crippen LogP contribution in [0.5, 0.6) is 0 Å². The number of nitrogens with zero attached hydrogens (tertiary/aromatic N) is 4. The molecule has 2 aromatic rings. The molecule has 1 saturated carbocycles. The van der Waals surface area contributed by atoms with Crippen LogP contribution in [0.4, 0.5) is 5.82 Å². The first kappa shape index (κ1) is 24.2. The number of rotatable bonds is 9. The van der Waals surface area contributed by atoms with E-state index in [9.17, 15) is 29.4 Å². The van der Waals surface area contributed by atoms with Crippen molar-refractivity contribution in [3.05, 3.63) is 11.6 Å². The van der Waals surface area contributed by atoms with Gasteiger partial charge in [-0.1, -0.05) is 0 Å². The number of fused-ring (bicyclic) bond motifs is 1. The van der Waals surface area contributed by atoms with E-state index in [0.29, 0.717) is 11.3 Å². The fraction of sp³-hybridized carbons (Fsp3) is 0.647. The van der Waals surface area contributed by atoms with Crippen molar-refractivity contribution < 1.29 is 43.6 Å². The molecule has 2 aromatic heterocycles. The van der Waals surface area contributed by atoms with Crippen LogP contribution in [0.2, 0.25) is 5.28 Å². The lowest BCUT2D eigenvalue weighted by molar-refractivity contribution is -0.155. The van der Waals surface area contributed by atoms with Crippen molar-refractivity contribution in [2.45, 2.75) is 56.2 Å². The maximum absolute atomic E-state index is 11.8. The van der Waals surface area contributed by atoms with Crippen LogP contribution in [0.3, 0.4) is 0 Å². The molecule has 0 amide bonds. The van der Waals surface area contributed by atoms with Crippen molar-refractivity contribution in [1.29, 1.82) is 0 Å². The summed E-state index contributed by atoms with van der Waals surface area (Å²) in [5.41, 5.74) is 0.635. The molecular formula is C17H23ClN5O9P. The zero-order valence-corrected chi connectivity index (χ0v) is 19.0. The van der Waals surface area contributed by atoms with Gasteiger partial charge in [-0.2, -0.15) is 9.97 Å². The number of aromatic nitrogens is 4. The summed E-state index contributed by atoms with van der Waals surface area (Å²) in [7, 11) is -5.02. The summed E-state index contributed by atoms with van der Waals surface area (Å²) >= 11 is 6.05. The molecule has 1 aliphatic carbocycles. The molecule has 182 valence electrons. The van der Waals surface area contributed by atoms with Crippen molar-refractivity contribution in [3.8, 4) is 0 Å². The highest BCUT2D eigenvalue weighted by Gasteiger charge is 2.46. The molecule has 14 nitrogen and oxygen atoms in total. The number of ether oxygens (including phenoxy) is 3. The Labute approximate surface area is 192 Å². The number of carbonyl (C=O) groups is 1. The highest BCUT2D eigenvalue weighted by Crippen LogP contribution is 2.43. The number of hydrogen-bond donors (Lipinski definition) is 5. The number of carbonyl (C=O) groups excluding carboxylic acids is 1. The largest absolute Gasteiger partial charge is 0.464 e. The second-order valence-corrected chi connectivity index (χ2v) is 9.64. The Kier molecular flexibility index (Phi) is 6.90. The molecular weight excluding hydrogens is 485 g/mol. The van der Waals surface area contributed by atoms with E-state index in [-0.39, 0.29) is 23.6 Å². The molecule has 4 rings (SSSR count). The molecule has 1 aliphatic heterocycles. The molecule has 33 heavy (non-hydrogen) atoms. The van der Waals surface area contributed by atoms with Gasteiger partial charge in [-0.25, -0.2) is 9.78 Å². The quantitative estimate of drug-likeness (QED) is 0.169. The minimum atomic E-state index is -5.02. The van der Waals surface area contributed by atoms with E-state index in [1.807, 2.05) is 0 Å². The van der Waals surface area contributed by atoms with E-state index in [1.54, 1.807) is 0 Å². The fourth-order valence-electron chi connectivity index (χ4n) is 3.40. The van der Waals surface area contributed by atoms with Crippen molar-refractivity contribution >= 4 is 42.1 Å². The summed E-state index contributed by atoms with van der Waals surface area (Å²) in [6.07, 6.45) is -2.06. The molecule has 0 spiro atoms. The molecule has 3 heterocycles. The van der Waals surface area contributed by atoms with Crippen LogP contribution in [-0.4, -0.2) is 88.9 Å². The van der Waals surface area contributed by atoms with Crippen LogP contribution in [0.25, 0.3) is 11.2 Å². The maximum atomic E-state index is 11.8. The van der Waals surface area contributed by atoms with Crippen LogP contribution in [0, 0.1) is 0 Å². The summed E-state index contributed by atoms with van der Waals surface area (Å²) in [6.45, 7) is 0.744. The Morgan fingerprint density at radius 3 is 2.73 bits per heavy atom. The Balaban J connectivity index is 1.53. The van der Waals surface area contributed by atoms with E-state index in [2.05, 4.69) is 25.0 Å². The summed E-state index contributed by atoms with van der Waals surface area (Å²) in [5.74, 6) is -3.02. The standard InChI is InChI=1S/C17H23ClN5O9P/c1-2-30-15(26)16(33(27,28)29)31-5-8-10(24)11(25)14(32-8)23-6-19-9-12(20-7-3-4-7)21-17(18)22-13(9)23/h6-8,10-11,14,16,24-25H,2-5H2,1H3,(H,20,21,22)(H2,27,28,29)/t8-,10-,11-,14-,16+/m1/s1. The fourth-order valence-corrected chi connectivity index (χ4v) is 4.19. The van der Waals surface area contributed by atoms with Gasteiger partial charge in [-0.05, 0) is 31.4 Å². The molecule has 0 bridgehead atoms. The van der Waals surface area contributed by atoms with Gasteiger partial charge in [0, 0.05) is 6.04 Å². The number of anilines is 1. The Morgan fingerprint density at radius 1 is 1.36 bits per heavy atom. The van der Waals surface area contributed by atoms with Gasteiger partial charge in [-0.3, -0.25) is 9.13 Å². The predicted octanol–water partition coefficient (Wildman–Crippen LogP) is -0.243. The average molecular weight is 508 g/mol. The Hall–Kier alpha value is -1.90. The van der Waals surface area contributed by atoms with Gasteiger partial charge in [-0.15, -0.1) is 0 Å². The molecule has 0 aromatic carbocycles. The Morgan fingerprint density at radius 2 is 2.09 bits per heavy atom.